The van der Waals surface area contributed by atoms with Crippen LogP contribution in [-0.4, -0.2) is 34.3 Å². The Morgan fingerprint density at radius 3 is 2.54 bits per heavy atom. The largest absolute Gasteiger partial charge is 0.434 e. The first-order valence-corrected chi connectivity index (χ1v) is 7.71. The molecule has 0 fully saturated rings. The molecule has 2 aromatic rings. The van der Waals surface area contributed by atoms with Gasteiger partial charge in [-0.1, -0.05) is 15.9 Å². The van der Waals surface area contributed by atoms with Gasteiger partial charge in [0.1, 0.15) is 5.82 Å². The molecule has 0 spiro atoms. The smallest absolute Gasteiger partial charge is 0.383 e. The fraction of sp³-hybridized carbons (Fsp3) is 0.250. The highest BCUT2D eigenvalue weighted by molar-refractivity contribution is 9.10. The van der Waals surface area contributed by atoms with E-state index in [0.29, 0.717) is 10.2 Å². The van der Waals surface area contributed by atoms with E-state index in [4.69, 9.17) is 0 Å². The Morgan fingerprint density at radius 1 is 1.33 bits per heavy atom. The average Bonchev–Trinajstić information content (AvgIpc) is 2.86. The Bertz CT molecular complexity index is 794. The van der Waals surface area contributed by atoms with Gasteiger partial charge < -0.3 is 9.47 Å². The number of carbonyl (C=O) groups excluding carboxylic acids is 1. The summed E-state index contributed by atoms with van der Waals surface area (Å²) in [5.74, 6) is -0.169. The molecule has 0 unspecified atom stereocenters. The fourth-order valence-electron chi connectivity index (χ4n) is 2.08. The zero-order valence-corrected chi connectivity index (χ0v) is 14.8. The molecule has 128 valence electrons. The zero-order chi connectivity index (χ0) is 18.1. The minimum Gasteiger partial charge on any atom is -0.383 e. The molecule has 1 aromatic heterocycles. The second-order valence-corrected chi connectivity index (χ2v) is 6.26. The molecule has 0 bridgehead atoms. The lowest BCUT2D eigenvalue weighted by atomic mass is 10.1. The van der Waals surface area contributed by atoms with Crippen LogP contribution in [-0.2, 0) is 6.18 Å². The fourth-order valence-corrected chi connectivity index (χ4v) is 2.44. The summed E-state index contributed by atoms with van der Waals surface area (Å²) in [5.41, 5.74) is -0.381. The maximum atomic E-state index is 12.9. The van der Waals surface area contributed by atoms with E-state index in [0.717, 1.165) is 6.20 Å². The van der Waals surface area contributed by atoms with E-state index in [2.05, 4.69) is 20.9 Å². The first-order valence-electron chi connectivity index (χ1n) is 6.91. The first kappa shape index (κ1) is 18.3. The summed E-state index contributed by atoms with van der Waals surface area (Å²) in [6, 6.07) is 4.81. The van der Waals surface area contributed by atoms with Crippen LogP contribution >= 0.6 is 15.9 Å². The molecule has 0 radical (unpaired) electrons. The number of hydrogen-bond acceptors (Lipinski definition) is 3. The maximum absolute atomic E-state index is 12.9. The van der Waals surface area contributed by atoms with Gasteiger partial charge in [-0.3, -0.25) is 4.79 Å². The van der Waals surface area contributed by atoms with Gasteiger partial charge in [0.05, 0.1) is 5.69 Å². The molecule has 0 amide bonds. The molecule has 0 aliphatic rings. The van der Waals surface area contributed by atoms with Crippen LogP contribution in [0.4, 0.5) is 13.2 Å². The van der Waals surface area contributed by atoms with Crippen LogP contribution in [0.15, 0.2) is 41.1 Å². The molecule has 4 nitrogen and oxygen atoms in total. The van der Waals surface area contributed by atoms with Gasteiger partial charge in [0, 0.05) is 42.6 Å². The number of hydrogen-bond donors (Lipinski definition) is 0. The third kappa shape index (κ3) is 4.05. The van der Waals surface area contributed by atoms with Gasteiger partial charge in [-0.05, 0) is 25.1 Å². The van der Waals surface area contributed by atoms with Crippen molar-refractivity contribution < 1.29 is 18.0 Å². The van der Waals surface area contributed by atoms with Crippen molar-refractivity contribution in [1.82, 2.24) is 14.5 Å². The number of halogens is 4. The number of aryl methyl sites for hydroxylation is 1. The van der Waals surface area contributed by atoms with Gasteiger partial charge in [0.25, 0.3) is 0 Å². The van der Waals surface area contributed by atoms with Crippen molar-refractivity contribution in [2.24, 2.45) is 0 Å². The van der Waals surface area contributed by atoms with E-state index in [1.807, 2.05) is 0 Å². The van der Waals surface area contributed by atoms with Crippen LogP contribution in [0.1, 0.15) is 21.9 Å². The lowest BCUT2D eigenvalue weighted by Gasteiger charge is -2.11. The SMILES string of the molecule is Cc1nc(C(F)(F)F)cn1-c1ccc(Br)cc1C(=O)C=CN(C)C. The molecule has 0 saturated carbocycles. The molecule has 2 rings (SSSR count). The molecule has 1 aromatic carbocycles. The number of ketones is 1. The normalized spacial score (nSPS) is 12.0. The third-order valence-electron chi connectivity index (χ3n) is 3.18. The van der Waals surface area contributed by atoms with Crippen LogP contribution in [0.2, 0.25) is 0 Å². The summed E-state index contributed by atoms with van der Waals surface area (Å²) in [6.07, 6.45) is -0.706. The predicted octanol–water partition coefficient (Wildman–Crippen LogP) is 4.22. The second kappa shape index (κ2) is 6.80. The van der Waals surface area contributed by atoms with Gasteiger partial charge in [0.2, 0.25) is 0 Å². The van der Waals surface area contributed by atoms with Crippen LogP contribution in [0.5, 0.6) is 0 Å². The molecular formula is C16H15BrF3N3O. The van der Waals surface area contributed by atoms with Crippen molar-refractivity contribution in [2.45, 2.75) is 13.1 Å². The molecule has 8 heteroatoms. The minimum atomic E-state index is -4.54. The maximum Gasteiger partial charge on any atom is 0.434 e. The van der Waals surface area contributed by atoms with Crippen molar-refractivity contribution >= 4 is 21.7 Å². The van der Waals surface area contributed by atoms with Crippen LogP contribution in [0, 0.1) is 6.92 Å². The highest BCUT2D eigenvalue weighted by Gasteiger charge is 2.34. The van der Waals surface area contributed by atoms with Gasteiger partial charge in [0.15, 0.2) is 11.5 Å². The summed E-state index contributed by atoms with van der Waals surface area (Å²) in [7, 11) is 3.53. The molecule has 1 heterocycles. The van der Waals surface area contributed by atoms with Crippen LogP contribution < -0.4 is 0 Å². The van der Waals surface area contributed by atoms with Crippen molar-refractivity contribution in [2.75, 3.05) is 14.1 Å². The Balaban J connectivity index is 2.56. The van der Waals surface area contributed by atoms with Crippen LogP contribution in [0.25, 0.3) is 5.69 Å². The van der Waals surface area contributed by atoms with Crippen molar-refractivity contribution in [3.63, 3.8) is 0 Å². The second-order valence-electron chi connectivity index (χ2n) is 5.35. The highest BCUT2D eigenvalue weighted by atomic mass is 79.9. The lowest BCUT2D eigenvalue weighted by molar-refractivity contribution is -0.141. The van der Waals surface area contributed by atoms with Gasteiger partial charge >= 0.3 is 6.18 Å². The van der Waals surface area contributed by atoms with Crippen molar-refractivity contribution in [3.8, 4) is 5.69 Å². The molecule has 0 aliphatic heterocycles. The Hall–Kier alpha value is -2.09. The van der Waals surface area contributed by atoms with E-state index >= 15 is 0 Å². The van der Waals surface area contributed by atoms with E-state index in [-0.39, 0.29) is 17.2 Å². The summed E-state index contributed by atoms with van der Waals surface area (Å²) in [6.45, 7) is 1.46. The van der Waals surface area contributed by atoms with Gasteiger partial charge in [-0.15, -0.1) is 0 Å². The summed E-state index contributed by atoms with van der Waals surface area (Å²) in [4.78, 5) is 17.7. The van der Waals surface area contributed by atoms with Crippen LogP contribution in [0.3, 0.4) is 0 Å². The monoisotopic (exact) mass is 401 g/mol. The lowest BCUT2D eigenvalue weighted by Crippen LogP contribution is -2.07. The molecular weight excluding hydrogens is 387 g/mol. The molecule has 24 heavy (non-hydrogen) atoms. The van der Waals surface area contributed by atoms with Gasteiger partial charge in [-0.25, -0.2) is 4.98 Å². The summed E-state index contributed by atoms with van der Waals surface area (Å²) in [5, 5.41) is 0. The molecule has 0 saturated heterocycles. The van der Waals surface area contributed by atoms with Gasteiger partial charge in [-0.2, -0.15) is 13.2 Å². The number of carbonyl (C=O) groups is 1. The van der Waals surface area contributed by atoms with E-state index in [9.17, 15) is 18.0 Å². The average molecular weight is 402 g/mol. The van der Waals surface area contributed by atoms with Crippen molar-refractivity contribution in [1.29, 1.82) is 0 Å². The Kier molecular flexibility index (Phi) is 5.17. The molecule has 0 atom stereocenters. The number of nitrogens with zero attached hydrogens (tertiary/aromatic N) is 3. The standard InChI is InChI=1S/C16H15BrF3N3O/c1-10-21-15(16(18,19)20)9-23(10)13-5-4-11(17)8-12(13)14(24)6-7-22(2)3/h4-9H,1-3H3. The predicted molar refractivity (Wildman–Crippen MR) is 88.2 cm³/mol. The van der Waals surface area contributed by atoms with E-state index < -0.39 is 11.9 Å². The first-order chi connectivity index (χ1) is 11.1. The number of allylic oxidation sites excluding steroid dienone is 1. The highest BCUT2D eigenvalue weighted by Crippen LogP contribution is 2.30. The Labute approximate surface area is 145 Å². The van der Waals surface area contributed by atoms with Crippen molar-refractivity contribution in [3.05, 3.63) is 58.2 Å². The number of aromatic nitrogens is 2. The Morgan fingerprint density at radius 2 is 2.00 bits per heavy atom. The molecule has 0 N–H and O–H groups in total. The molecule has 0 aliphatic carbocycles. The number of alkyl halides is 3. The number of benzene rings is 1. The minimum absolute atomic E-state index is 0.148. The topological polar surface area (TPSA) is 38.1 Å². The number of imidazole rings is 1. The summed E-state index contributed by atoms with van der Waals surface area (Å²) < 4.78 is 40.5. The summed E-state index contributed by atoms with van der Waals surface area (Å²) >= 11 is 3.28. The quantitative estimate of drug-likeness (QED) is 0.568. The zero-order valence-electron chi connectivity index (χ0n) is 13.2. The van der Waals surface area contributed by atoms with E-state index in [1.165, 1.54) is 17.6 Å². The number of rotatable bonds is 4. The van der Waals surface area contributed by atoms with E-state index in [1.54, 1.807) is 43.4 Å². The third-order valence-corrected chi connectivity index (χ3v) is 3.67.